The van der Waals surface area contributed by atoms with Crippen molar-refractivity contribution >= 4 is 25.6 Å². The average Bonchev–Trinajstić information content (AvgIpc) is 2.98. The third-order valence-corrected chi connectivity index (χ3v) is 11.4. The summed E-state index contributed by atoms with van der Waals surface area (Å²) in [4.78, 5) is 14.3. The van der Waals surface area contributed by atoms with Crippen LogP contribution in [0.5, 0.6) is 0 Å². The summed E-state index contributed by atoms with van der Waals surface area (Å²) in [5.74, 6) is -0.185. The van der Waals surface area contributed by atoms with E-state index in [0.29, 0.717) is 23.1 Å². The number of fused-ring (bicyclic) bond motifs is 1. The van der Waals surface area contributed by atoms with Crippen LogP contribution >= 0.6 is 0 Å². The molecule has 226 valence electrons. The molecule has 1 unspecified atom stereocenters. The summed E-state index contributed by atoms with van der Waals surface area (Å²) in [7, 11) is -7.44. The number of ketones is 1. The molecule has 0 aromatic heterocycles. The second-order valence-corrected chi connectivity index (χ2v) is 15.4. The number of carbonyl (C=O) groups is 1. The van der Waals surface area contributed by atoms with E-state index in [9.17, 15) is 21.6 Å². The van der Waals surface area contributed by atoms with Gasteiger partial charge in [-0.05, 0) is 96.8 Å². The third-order valence-electron chi connectivity index (χ3n) is 8.17. The molecule has 0 spiro atoms. The standard InChI is InChI=1S/C35H34N2O5S2/c1-23-16-24(2)35(25(3)17-23)44(41,42)37-22-30-14-13-29(28-6-5-7-32(19-28)43(4,39)40)18-31(30)20-33(37)34(38)15-12-26-8-10-27(21-36)11-9-26/h5-11,13-14,16-19,33H,12,15,20,22H2,1-4H3. The van der Waals surface area contributed by atoms with Gasteiger partial charge in [0.05, 0.1) is 27.5 Å². The van der Waals surface area contributed by atoms with Crippen LogP contribution in [0.25, 0.3) is 11.1 Å². The number of Topliss-reactive ketones (excluding diaryl/α,β-unsaturated/α-hetero) is 1. The Morgan fingerprint density at radius 2 is 1.52 bits per heavy atom. The minimum atomic E-state index is -4.04. The van der Waals surface area contributed by atoms with Gasteiger partial charge >= 0.3 is 0 Å². The highest BCUT2D eigenvalue weighted by atomic mass is 32.2. The van der Waals surface area contributed by atoms with Gasteiger partial charge in [0.15, 0.2) is 15.6 Å². The Balaban J connectivity index is 1.53. The fourth-order valence-corrected chi connectivity index (χ4v) is 8.71. The van der Waals surface area contributed by atoms with Crippen molar-refractivity contribution in [2.45, 2.75) is 62.4 Å². The summed E-state index contributed by atoms with van der Waals surface area (Å²) < 4.78 is 54.3. The fourth-order valence-electron chi connectivity index (χ4n) is 6.04. The zero-order chi connectivity index (χ0) is 31.8. The second-order valence-electron chi connectivity index (χ2n) is 11.6. The Labute approximate surface area is 259 Å². The number of hydrogen-bond acceptors (Lipinski definition) is 6. The van der Waals surface area contributed by atoms with Crippen LogP contribution in [0.15, 0.2) is 88.7 Å². The lowest BCUT2D eigenvalue weighted by Gasteiger charge is -2.36. The molecule has 44 heavy (non-hydrogen) atoms. The van der Waals surface area contributed by atoms with Crippen LogP contribution in [0.2, 0.25) is 0 Å². The highest BCUT2D eigenvalue weighted by Gasteiger charge is 2.40. The lowest BCUT2D eigenvalue weighted by atomic mass is 9.89. The van der Waals surface area contributed by atoms with Crippen molar-refractivity contribution in [3.63, 3.8) is 0 Å². The quantitative estimate of drug-likeness (QED) is 0.242. The molecule has 0 N–H and O–H groups in total. The van der Waals surface area contributed by atoms with Gasteiger partial charge in [-0.2, -0.15) is 9.57 Å². The predicted octanol–water partition coefficient (Wildman–Crippen LogP) is 5.87. The van der Waals surface area contributed by atoms with Crippen molar-refractivity contribution in [3.05, 3.63) is 118 Å². The number of aryl methyl sites for hydroxylation is 4. The SMILES string of the molecule is Cc1cc(C)c(S(=O)(=O)N2Cc3ccc(-c4cccc(S(C)(=O)=O)c4)cc3CC2C(=O)CCc2ccc(C#N)cc2)c(C)c1. The molecule has 7 nitrogen and oxygen atoms in total. The zero-order valence-electron chi connectivity index (χ0n) is 25.2. The van der Waals surface area contributed by atoms with Gasteiger partial charge in [-0.3, -0.25) is 4.79 Å². The zero-order valence-corrected chi connectivity index (χ0v) is 26.8. The predicted molar refractivity (Wildman–Crippen MR) is 170 cm³/mol. The van der Waals surface area contributed by atoms with Crippen molar-refractivity contribution in [3.8, 4) is 17.2 Å². The first-order valence-electron chi connectivity index (χ1n) is 14.3. The number of sulfonamides is 1. The van der Waals surface area contributed by atoms with Gasteiger partial charge < -0.3 is 0 Å². The van der Waals surface area contributed by atoms with Gasteiger partial charge in [0.25, 0.3) is 0 Å². The van der Waals surface area contributed by atoms with Gasteiger partial charge in [0.1, 0.15) is 0 Å². The van der Waals surface area contributed by atoms with E-state index in [2.05, 4.69) is 6.07 Å². The van der Waals surface area contributed by atoms with E-state index in [1.807, 2.05) is 55.5 Å². The molecular weight excluding hydrogens is 593 g/mol. The number of nitrogens with zero attached hydrogens (tertiary/aromatic N) is 2. The van der Waals surface area contributed by atoms with Gasteiger partial charge in [-0.15, -0.1) is 0 Å². The van der Waals surface area contributed by atoms with E-state index < -0.39 is 25.9 Å². The molecule has 0 saturated heterocycles. The summed E-state index contributed by atoms with van der Waals surface area (Å²) in [5.41, 5.74) is 6.83. The summed E-state index contributed by atoms with van der Waals surface area (Å²) in [5, 5.41) is 9.10. The number of hydrogen-bond donors (Lipinski definition) is 0. The normalized spacial score (nSPS) is 15.4. The molecule has 0 fully saturated rings. The lowest BCUT2D eigenvalue weighted by Crippen LogP contribution is -2.49. The molecule has 4 aromatic rings. The van der Waals surface area contributed by atoms with Crippen LogP contribution in [0.3, 0.4) is 0 Å². The summed E-state index contributed by atoms with van der Waals surface area (Å²) in [6.07, 6.45) is 1.92. The Hall–Kier alpha value is -4.10. The first kappa shape index (κ1) is 31.3. The molecule has 1 heterocycles. The smallest absolute Gasteiger partial charge is 0.244 e. The average molecular weight is 627 g/mol. The van der Waals surface area contributed by atoms with Crippen molar-refractivity contribution in [2.75, 3.05) is 6.26 Å². The lowest BCUT2D eigenvalue weighted by molar-refractivity contribution is -0.123. The Morgan fingerprint density at radius 1 is 0.864 bits per heavy atom. The minimum Gasteiger partial charge on any atom is -0.298 e. The maximum Gasteiger partial charge on any atom is 0.244 e. The van der Waals surface area contributed by atoms with Crippen molar-refractivity contribution in [1.29, 1.82) is 5.26 Å². The van der Waals surface area contributed by atoms with Crippen LogP contribution in [0.4, 0.5) is 0 Å². The van der Waals surface area contributed by atoms with E-state index in [1.165, 1.54) is 10.6 Å². The van der Waals surface area contributed by atoms with Crippen LogP contribution in [-0.4, -0.2) is 39.2 Å². The van der Waals surface area contributed by atoms with Crippen LogP contribution in [0, 0.1) is 32.1 Å². The number of carbonyl (C=O) groups excluding carboxylic acids is 1. The maximum atomic E-state index is 14.3. The van der Waals surface area contributed by atoms with Crippen LogP contribution in [-0.2, 0) is 44.0 Å². The highest BCUT2D eigenvalue weighted by molar-refractivity contribution is 7.90. The van der Waals surface area contributed by atoms with E-state index in [0.717, 1.165) is 33.4 Å². The molecule has 0 radical (unpaired) electrons. The molecule has 0 aliphatic carbocycles. The van der Waals surface area contributed by atoms with Crippen LogP contribution < -0.4 is 0 Å². The molecule has 5 rings (SSSR count). The van der Waals surface area contributed by atoms with Crippen LogP contribution in [0.1, 0.15) is 45.4 Å². The van der Waals surface area contributed by atoms with Crippen molar-refractivity contribution < 1.29 is 21.6 Å². The molecule has 1 aliphatic heterocycles. The van der Waals surface area contributed by atoms with E-state index in [4.69, 9.17) is 5.26 Å². The second kappa shape index (κ2) is 12.1. The largest absolute Gasteiger partial charge is 0.298 e. The molecule has 4 aromatic carbocycles. The topological polar surface area (TPSA) is 112 Å². The maximum absolute atomic E-state index is 14.3. The monoisotopic (exact) mass is 626 g/mol. The first-order valence-corrected chi connectivity index (χ1v) is 17.6. The summed E-state index contributed by atoms with van der Waals surface area (Å²) >= 11 is 0. The van der Waals surface area contributed by atoms with Gasteiger partial charge in [0, 0.05) is 19.2 Å². The number of nitriles is 1. The van der Waals surface area contributed by atoms with Gasteiger partial charge in [-0.25, -0.2) is 16.8 Å². The summed E-state index contributed by atoms with van der Waals surface area (Å²) in [6, 6.07) is 24.3. The van der Waals surface area contributed by atoms with Crippen molar-refractivity contribution in [2.24, 2.45) is 0 Å². The molecule has 1 aliphatic rings. The molecule has 0 bridgehead atoms. The molecule has 0 saturated carbocycles. The summed E-state index contributed by atoms with van der Waals surface area (Å²) in [6.45, 7) is 5.53. The number of rotatable bonds is 8. The van der Waals surface area contributed by atoms with Crippen molar-refractivity contribution in [1.82, 2.24) is 4.31 Å². The van der Waals surface area contributed by atoms with E-state index >= 15 is 0 Å². The third kappa shape index (κ3) is 6.39. The van der Waals surface area contributed by atoms with Gasteiger partial charge in [-0.1, -0.05) is 60.2 Å². The number of sulfone groups is 1. The Bertz CT molecular complexity index is 2000. The molecule has 0 amide bonds. The molecular formula is C35H34N2O5S2. The fraction of sp³-hybridized carbons (Fsp3) is 0.257. The van der Waals surface area contributed by atoms with Gasteiger partial charge in [0.2, 0.25) is 10.0 Å². The molecule has 9 heteroatoms. The molecule has 1 atom stereocenters. The van der Waals surface area contributed by atoms with E-state index in [-0.39, 0.29) is 35.0 Å². The number of benzene rings is 4. The minimum absolute atomic E-state index is 0.0430. The van der Waals surface area contributed by atoms with E-state index in [1.54, 1.807) is 44.2 Å². The Morgan fingerprint density at radius 3 is 2.16 bits per heavy atom. The first-order chi connectivity index (χ1) is 20.8. The highest BCUT2D eigenvalue weighted by Crippen LogP contribution is 2.35. The Kier molecular flexibility index (Phi) is 8.63.